The van der Waals surface area contributed by atoms with E-state index in [-0.39, 0.29) is 25.7 Å². The van der Waals surface area contributed by atoms with Crippen molar-refractivity contribution in [1.82, 2.24) is 4.90 Å². The minimum atomic E-state index is -0.860. The van der Waals surface area contributed by atoms with Crippen molar-refractivity contribution in [3.05, 3.63) is 80.2 Å². The van der Waals surface area contributed by atoms with Gasteiger partial charge in [-0.25, -0.2) is 0 Å². The fourth-order valence-electron chi connectivity index (χ4n) is 4.39. The second kappa shape index (κ2) is 11.8. The number of ether oxygens (including phenoxy) is 1. The summed E-state index contributed by atoms with van der Waals surface area (Å²) >= 11 is 0. The van der Waals surface area contributed by atoms with Gasteiger partial charge in [0.15, 0.2) is 0 Å². The first kappa shape index (κ1) is 26.1. The van der Waals surface area contributed by atoms with E-state index in [2.05, 4.69) is 16.1 Å². The molecule has 0 heterocycles. The lowest BCUT2D eigenvalue weighted by Gasteiger charge is -2.37. The number of carbonyl (C=O) groups excluding carboxylic acids is 1. The number of amides is 1. The highest BCUT2D eigenvalue weighted by Gasteiger charge is 2.31. The molecule has 0 spiro atoms. The van der Waals surface area contributed by atoms with Crippen LogP contribution in [-0.4, -0.2) is 40.6 Å². The number of para-hydroxylation sites is 1. The van der Waals surface area contributed by atoms with Gasteiger partial charge < -0.3 is 14.5 Å². The molecule has 0 N–H and O–H groups in total. The quantitative estimate of drug-likeness (QED) is 0.237. The van der Waals surface area contributed by atoms with Gasteiger partial charge >= 0.3 is 0 Å². The number of benzene rings is 2. The largest absolute Gasteiger partial charge is 0.491 e. The molecule has 1 unspecified atom stereocenters. The van der Waals surface area contributed by atoms with Crippen molar-refractivity contribution in [2.75, 3.05) is 13.2 Å². The molecule has 35 heavy (non-hydrogen) atoms. The van der Waals surface area contributed by atoms with Crippen LogP contribution >= 0.6 is 0 Å². The number of rotatable bonds is 11. The number of carbonyl (C=O) groups is 1. The minimum absolute atomic E-state index is 0.0737. The molecule has 9 nitrogen and oxygen atoms in total. The highest BCUT2D eigenvalue weighted by Crippen LogP contribution is 2.38. The predicted octanol–water partition coefficient (Wildman–Crippen LogP) is 5.51. The van der Waals surface area contributed by atoms with Crippen molar-refractivity contribution in [3.63, 3.8) is 0 Å². The number of nitrogens with zero attached hydrogens (tertiary/aromatic N) is 3. The first-order chi connectivity index (χ1) is 16.7. The normalized spacial score (nSPS) is 14.8. The minimum Gasteiger partial charge on any atom is -0.491 e. The Bertz CT molecular complexity index is 1010. The monoisotopic (exact) mass is 483 g/mol. The molecule has 2 aromatic carbocycles. The number of hydrogen-bond acceptors (Lipinski definition) is 7. The Morgan fingerprint density at radius 1 is 1.14 bits per heavy atom. The van der Waals surface area contributed by atoms with E-state index in [0.717, 1.165) is 18.6 Å². The summed E-state index contributed by atoms with van der Waals surface area (Å²) < 4.78 is 6.06. The fraction of sp³-hybridized carbons (Fsp3) is 0.500. The van der Waals surface area contributed by atoms with E-state index in [0.29, 0.717) is 17.0 Å². The molecule has 9 heteroatoms. The second-order valence-corrected chi connectivity index (χ2v) is 9.87. The van der Waals surface area contributed by atoms with Crippen LogP contribution in [0.3, 0.4) is 0 Å². The summed E-state index contributed by atoms with van der Waals surface area (Å²) in [6.07, 6.45) is 4.70. The average molecular weight is 484 g/mol. The van der Waals surface area contributed by atoms with Crippen molar-refractivity contribution >= 4 is 5.91 Å². The van der Waals surface area contributed by atoms with Gasteiger partial charge in [0, 0.05) is 11.1 Å². The Hall–Kier alpha value is -3.49. The maximum atomic E-state index is 13.3. The maximum absolute atomic E-state index is 13.3. The Morgan fingerprint density at radius 2 is 1.80 bits per heavy atom. The van der Waals surface area contributed by atoms with Crippen LogP contribution in [-0.2, 0) is 11.4 Å². The van der Waals surface area contributed by atoms with E-state index in [1.165, 1.54) is 18.4 Å². The average Bonchev–Trinajstić information content (AvgIpc) is 3.37. The van der Waals surface area contributed by atoms with Gasteiger partial charge in [0.1, 0.15) is 25.0 Å². The topological polar surface area (TPSA) is 111 Å². The summed E-state index contributed by atoms with van der Waals surface area (Å²) in [5.74, 6) is 0.980. The summed E-state index contributed by atoms with van der Waals surface area (Å²) in [7, 11) is 0. The van der Waals surface area contributed by atoms with Gasteiger partial charge in [0.2, 0.25) is 0 Å². The van der Waals surface area contributed by atoms with Gasteiger partial charge in [0.25, 0.3) is 11.0 Å². The SMILES string of the molecule is CC(C)(C)N(CC(COc1ccccc1C1CCCC1)N=O)C(=O)c1ccc(CO[N+](=O)[O-])cc1. The molecule has 3 rings (SSSR count). The van der Waals surface area contributed by atoms with Crippen molar-refractivity contribution in [1.29, 1.82) is 0 Å². The lowest BCUT2D eigenvalue weighted by Crippen LogP contribution is -2.49. The smallest absolute Gasteiger partial charge is 0.294 e. The first-order valence-electron chi connectivity index (χ1n) is 11.9. The van der Waals surface area contributed by atoms with Gasteiger partial charge in [-0.2, -0.15) is 4.91 Å². The molecule has 0 radical (unpaired) electrons. The van der Waals surface area contributed by atoms with Gasteiger partial charge in [-0.3, -0.25) is 4.79 Å². The summed E-state index contributed by atoms with van der Waals surface area (Å²) in [6, 6.07) is 13.6. The maximum Gasteiger partial charge on any atom is 0.294 e. The molecule has 1 amide bonds. The van der Waals surface area contributed by atoms with E-state index in [4.69, 9.17) is 4.74 Å². The van der Waals surface area contributed by atoms with Crippen LogP contribution in [0.4, 0.5) is 0 Å². The molecule has 0 aliphatic heterocycles. The second-order valence-electron chi connectivity index (χ2n) is 9.87. The fourth-order valence-corrected chi connectivity index (χ4v) is 4.39. The van der Waals surface area contributed by atoms with Gasteiger partial charge in [-0.1, -0.05) is 48.4 Å². The summed E-state index contributed by atoms with van der Waals surface area (Å²) in [5, 5.41) is 12.8. The van der Waals surface area contributed by atoms with E-state index in [1.807, 2.05) is 39.0 Å². The molecule has 2 aromatic rings. The third kappa shape index (κ3) is 7.24. The Labute approximate surface area is 205 Å². The van der Waals surface area contributed by atoms with Crippen LogP contribution < -0.4 is 4.74 Å². The molecule has 0 saturated heterocycles. The molecule has 1 fully saturated rings. The van der Waals surface area contributed by atoms with Crippen LogP contribution in [0.25, 0.3) is 0 Å². The highest BCUT2D eigenvalue weighted by atomic mass is 16.9. The molecule has 1 aliphatic carbocycles. The van der Waals surface area contributed by atoms with Crippen LogP contribution in [0.5, 0.6) is 5.75 Å². The molecule has 1 saturated carbocycles. The molecule has 188 valence electrons. The van der Waals surface area contributed by atoms with E-state index >= 15 is 0 Å². The first-order valence-corrected chi connectivity index (χ1v) is 11.9. The summed E-state index contributed by atoms with van der Waals surface area (Å²) in [5.41, 5.74) is 1.57. The van der Waals surface area contributed by atoms with Crippen molar-refractivity contribution in [3.8, 4) is 5.75 Å². The molecule has 1 aliphatic rings. The summed E-state index contributed by atoms with van der Waals surface area (Å²) in [4.78, 5) is 41.4. The van der Waals surface area contributed by atoms with E-state index in [9.17, 15) is 19.8 Å². The molecule has 0 bridgehead atoms. The molecule has 1 atom stereocenters. The van der Waals surface area contributed by atoms with Crippen LogP contribution in [0.2, 0.25) is 0 Å². The Morgan fingerprint density at radius 3 is 2.40 bits per heavy atom. The number of hydrogen-bond donors (Lipinski definition) is 0. The standard InChI is InChI=1S/C26H33N3O6/c1-26(2,3)28(25(30)21-14-12-19(13-15-21)17-35-29(32)33)16-22(27-31)18-34-24-11-7-6-10-23(24)20-8-4-5-9-20/h6-7,10-15,20,22H,4-5,8-9,16-18H2,1-3H3. The van der Waals surface area contributed by atoms with Crippen LogP contribution in [0.15, 0.2) is 53.7 Å². The third-order valence-corrected chi connectivity index (χ3v) is 6.28. The third-order valence-electron chi connectivity index (χ3n) is 6.28. The van der Waals surface area contributed by atoms with Gasteiger partial charge in [0.05, 0.1) is 6.54 Å². The lowest BCUT2D eigenvalue weighted by molar-refractivity contribution is -0.763. The lowest BCUT2D eigenvalue weighted by atomic mass is 9.97. The zero-order valence-corrected chi connectivity index (χ0v) is 20.5. The van der Waals surface area contributed by atoms with Crippen LogP contribution in [0, 0.1) is 15.0 Å². The van der Waals surface area contributed by atoms with E-state index < -0.39 is 16.7 Å². The number of nitroso groups, excluding NO2 is 1. The Kier molecular flexibility index (Phi) is 8.78. The van der Waals surface area contributed by atoms with E-state index in [1.54, 1.807) is 29.2 Å². The van der Waals surface area contributed by atoms with Gasteiger partial charge in [-0.05, 0) is 68.9 Å². The van der Waals surface area contributed by atoms with Crippen molar-refractivity contribution in [2.45, 2.75) is 70.6 Å². The zero-order valence-electron chi connectivity index (χ0n) is 20.5. The Balaban J connectivity index is 1.69. The zero-order chi connectivity index (χ0) is 25.4. The molecule has 0 aromatic heterocycles. The molecular formula is C26H33N3O6. The van der Waals surface area contributed by atoms with Gasteiger partial charge in [-0.15, -0.1) is 10.1 Å². The highest BCUT2D eigenvalue weighted by molar-refractivity contribution is 5.94. The van der Waals surface area contributed by atoms with Crippen molar-refractivity contribution in [2.24, 2.45) is 5.18 Å². The van der Waals surface area contributed by atoms with Crippen LogP contribution in [0.1, 0.15) is 73.9 Å². The van der Waals surface area contributed by atoms with Crippen molar-refractivity contribution < 1.29 is 19.5 Å². The predicted molar refractivity (Wildman–Crippen MR) is 132 cm³/mol. The molecular weight excluding hydrogens is 450 g/mol. The summed E-state index contributed by atoms with van der Waals surface area (Å²) in [6.45, 7) is 5.65.